The number of nitrogens with one attached hydrogen (secondary N) is 2. The highest BCUT2D eigenvalue weighted by molar-refractivity contribution is 5.92. The third-order valence-corrected chi connectivity index (χ3v) is 3.41. The molecule has 0 aromatic heterocycles. The molecule has 0 spiro atoms. The van der Waals surface area contributed by atoms with Crippen molar-refractivity contribution in [3.63, 3.8) is 0 Å². The van der Waals surface area contributed by atoms with Crippen molar-refractivity contribution in [1.29, 1.82) is 0 Å². The Morgan fingerprint density at radius 2 is 1.68 bits per heavy atom. The molecule has 1 aromatic rings. The van der Waals surface area contributed by atoms with Crippen LogP contribution in [0.15, 0.2) is 30.3 Å². The Balaban J connectivity index is 2.75. The van der Waals surface area contributed by atoms with Crippen molar-refractivity contribution < 1.29 is 28.7 Å². The van der Waals surface area contributed by atoms with Crippen LogP contribution in [-0.2, 0) is 30.5 Å². The predicted molar refractivity (Wildman–Crippen MR) is 101 cm³/mol. The zero-order valence-electron chi connectivity index (χ0n) is 16.5. The van der Waals surface area contributed by atoms with Gasteiger partial charge < -0.3 is 25.8 Å². The number of ether oxygens (including phenoxy) is 2. The van der Waals surface area contributed by atoms with Gasteiger partial charge >= 0.3 is 12.1 Å². The van der Waals surface area contributed by atoms with Gasteiger partial charge in [-0.15, -0.1) is 0 Å². The molecule has 9 nitrogen and oxygen atoms in total. The zero-order chi connectivity index (χ0) is 21.3. The summed E-state index contributed by atoms with van der Waals surface area (Å²) in [5.74, 6) is -2.21. The molecule has 0 aliphatic heterocycles. The first-order valence-corrected chi connectivity index (χ1v) is 8.76. The van der Waals surface area contributed by atoms with E-state index >= 15 is 0 Å². The average molecular weight is 393 g/mol. The van der Waals surface area contributed by atoms with Crippen molar-refractivity contribution in [3.8, 4) is 0 Å². The van der Waals surface area contributed by atoms with E-state index in [1.54, 1.807) is 45.0 Å². The number of alkyl carbamates (subject to hydrolysis) is 1. The fourth-order valence-electron chi connectivity index (χ4n) is 2.01. The smallest absolute Gasteiger partial charge is 0.408 e. The quantitative estimate of drug-likeness (QED) is 0.564. The minimum absolute atomic E-state index is 0.0259. The van der Waals surface area contributed by atoms with Gasteiger partial charge in [0.15, 0.2) is 0 Å². The van der Waals surface area contributed by atoms with Gasteiger partial charge in [0, 0.05) is 0 Å². The van der Waals surface area contributed by atoms with Gasteiger partial charge in [-0.05, 0) is 33.3 Å². The molecule has 1 aromatic carbocycles. The van der Waals surface area contributed by atoms with Gasteiger partial charge in [-0.3, -0.25) is 14.4 Å². The Kier molecular flexibility index (Phi) is 8.43. The summed E-state index contributed by atoms with van der Waals surface area (Å²) in [4.78, 5) is 47.7. The second-order valence-corrected chi connectivity index (χ2v) is 7.18. The van der Waals surface area contributed by atoms with Gasteiger partial charge in [0.05, 0.1) is 6.42 Å². The maximum Gasteiger partial charge on any atom is 0.408 e. The highest BCUT2D eigenvalue weighted by Gasteiger charge is 2.28. The van der Waals surface area contributed by atoms with Crippen molar-refractivity contribution >= 4 is 23.9 Å². The molecule has 0 saturated carbocycles. The molecular weight excluding hydrogens is 366 g/mol. The van der Waals surface area contributed by atoms with E-state index in [-0.39, 0.29) is 6.61 Å². The summed E-state index contributed by atoms with van der Waals surface area (Å²) >= 11 is 0. The van der Waals surface area contributed by atoms with Crippen LogP contribution >= 0.6 is 0 Å². The van der Waals surface area contributed by atoms with Crippen LogP contribution in [0.1, 0.15) is 39.7 Å². The second kappa shape index (κ2) is 10.3. The second-order valence-electron chi connectivity index (χ2n) is 7.18. The summed E-state index contributed by atoms with van der Waals surface area (Å²) in [6.45, 7) is 6.39. The van der Waals surface area contributed by atoms with Crippen molar-refractivity contribution in [3.05, 3.63) is 35.9 Å². The first kappa shape index (κ1) is 22.9. The molecule has 0 radical (unpaired) electrons. The van der Waals surface area contributed by atoms with Gasteiger partial charge in [0.25, 0.3) is 0 Å². The Bertz CT molecular complexity index is 699. The highest BCUT2D eigenvalue weighted by atomic mass is 16.6. The molecule has 0 heterocycles. The topological polar surface area (TPSA) is 137 Å². The molecular formula is C19H27N3O6. The molecule has 0 fully saturated rings. The monoisotopic (exact) mass is 393 g/mol. The maximum atomic E-state index is 12.4. The summed E-state index contributed by atoms with van der Waals surface area (Å²) in [6.07, 6.45) is -1.32. The zero-order valence-corrected chi connectivity index (χ0v) is 16.5. The average Bonchev–Trinajstić information content (AvgIpc) is 2.58. The number of esters is 1. The highest BCUT2D eigenvalue weighted by Crippen LogP contribution is 2.08. The lowest BCUT2D eigenvalue weighted by atomic mass is 10.1. The van der Waals surface area contributed by atoms with Crippen LogP contribution in [0.4, 0.5) is 4.79 Å². The predicted octanol–water partition coefficient (Wildman–Crippen LogP) is 1.00. The SMILES string of the molecule is C[C@H](NC(=O)[C@@H](CC(=O)OCc1ccccc1)NC(=O)OC(C)(C)C)C(N)=O. The molecule has 154 valence electrons. The molecule has 28 heavy (non-hydrogen) atoms. The molecule has 0 aliphatic rings. The van der Waals surface area contributed by atoms with Gasteiger partial charge in [0.1, 0.15) is 24.3 Å². The fourth-order valence-corrected chi connectivity index (χ4v) is 2.01. The number of hydrogen-bond donors (Lipinski definition) is 3. The van der Waals surface area contributed by atoms with Crippen LogP contribution in [0.2, 0.25) is 0 Å². The number of hydrogen-bond acceptors (Lipinski definition) is 6. The van der Waals surface area contributed by atoms with E-state index in [0.29, 0.717) is 0 Å². The standard InChI is InChI=1S/C19H27N3O6/c1-12(16(20)24)21-17(25)14(22-18(26)28-19(2,3)4)10-15(23)27-11-13-8-6-5-7-9-13/h5-9,12,14H,10-11H2,1-4H3,(H2,20,24)(H,21,25)(H,22,26)/t12-,14+/m0/s1. The van der Waals surface area contributed by atoms with E-state index in [9.17, 15) is 19.2 Å². The lowest BCUT2D eigenvalue weighted by Crippen LogP contribution is -2.53. The first-order chi connectivity index (χ1) is 13.0. The normalized spacial score (nSPS) is 13.0. The Hall–Kier alpha value is -3.10. The molecule has 0 aliphatic carbocycles. The third-order valence-electron chi connectivity index (χ3n) is 3.41. The van der Waals surface area contributed by atoms with Crippen LogP contribution in [0.3, 0.4) is 0 Å². The minimum Gasteiger partial charge on any atom is -0.461 e. The van der Waals surface area contributed by atoms with Crippen molar-refractivity contribution in [1.82, 2.24) is 10.6 Å². The third kappa shape index (κ3) is 9.02. The molecule has 4 N–H and O–H groups in total. The molecule has 2 atom stereocenters. The number of benzene rings is 1. The van der Waals surface area contributed by atoms with Crippen molar-refractivity contribution in [2.24, 2.45) is 5.73 Å². The molecule has 0 saturated heterocycles. The molecule has 3 amide bonds. The summed E-state index contributed by atoms with van der Waals surface area (Å²) in [7, 11) is 0. The number of rotatable bonds is 8. The minimum atomic E-state index is -1.29. The van der Waals surface area contributed by atoms with Crippen LogP contribution in [0, 0.1) is 0 Å². The van der Waals surface area contributed by atoms with E-state index in [4.69, 9.17) is 15.2 Å². The molecule has 0 unspecified atom stereocenters. The fraction of sp³-hybridized carbons (Fsp3) is 0.474. The summed E-state index contributed by atoms with van der Waals surface area (Å²) in [5, 5.41) is 4.66. The molecule has 1 rings (SSSR count). The number of carbonyl (C=O) groups excluding carboxylic acids is 4. The number of nitrogens with two attached hydrogens (primary N) is 1. The maximum absolute atomic E-state index is 12.4. The van der Waals surface area contributed by atoms with Crippen LogP contribution < -0.4 is 16.4 Å². The van der Waals surface area contributed by atoms with Crippen molar-refractivity contribution in [2.75, 3.05) is 0 Å². The first-order valence-electron chi connectivity index (χ1n) is 8.76. The van der Waals surface area contributed by atoms with Gasteiger partial charge in [-0.25, -0.2) is 4.79 Å². The molecule has 9 heteroatoms. The Labute approximate surface area is 163 Å². The van der Waals surface area contributed by atoms with Crippen LogP contribution in [0.5, 0.6) is 0 Å². The number of primary amides is 1. The van der Waals surface area contributed by atoms with E-state index in [2.05, 4.69) is 10.6 Å². The number of amides is 3. The van der Waals surface area contributed by atoms with E-state index in [1.165, 1.54) is 6.92 Å². The van der Waals surface area contributed by atoms with Crippen LogP contribution in [-0.4, -0.2) is 41.6 Å². The lowest BCUT2D eigenvalue weighted by molar-refractivity contribution is -0.147. The summed E-state index contributed by atoms with van der Waals surface area (Å²) in [6, 6.07) is 6.73. The van der Waals surface area contributed by atoms with E-state index < -0.39 is 48.0 Å². The van der Waals surface area contributed by atoms with Crippen molar-refractivity contribution in [2.45, 2.75) is 58.4 Å². The van der Waals surface area contributed by atoms with Gasteiger partial charge in [-0.1, -0.05) is 30.3 Å². The largest absolute Gasteiger partial charge is 0.461 e. The summed E-state index contributed by atoms with van der Waals surface area (Å²) < 4.78 is 10.2. The van der Waals surface area contributed by atoms with E-state index in [1.807, 2.05) is 6.07 Å². The lowest BCUT2D eigenvalue weighted by Gasteiger charge is -2.23. The van der Waals surface area contributed by atoms with Crippen LogP contribution in [0.25, 0.3) is 0 Å². The summed E-state index contributed by atoms with van der Waals surface area (Å²) in [5.41, 5.74) is 5.11. The number of carbonyl (C=O) groups is 4. The Morgan fingerprint density at radius 3 is 2.21 bits per heavy atom. The van der Waals surface area contributed by atoms with Gasteiger partial charge in [-0.2, -0.15) is 0 Å². The Morgan fingerprint density at radius 1 is 1.07 bits per heavy atom. The molecule has 0 bridgehead atoms. The van der Waals surface area contributed by atoms with Gasteiger partial charge in [0.2, 0.25) is 11.8 Å². The van der Waals surface area contributed by atoms with E-state index in [0.717, 1.165) is 5.56 Å².